The number of hydrogen-bond donors (Lipinski definition) is 0. The first-order valence-electron chi connectivity index (χ1n) is 37.4. The molecule has 7 aliphatic carbocycles. The zero-order valence-corrected chi connectivity index (χ0v) is 60.1. The number of hydrogen-bond acceptors (Lipinski definition) is 16. The van der Waals surface area contributed by atoms with Gasteiger partial charge < -0.3 is 36.6 Å². The molecule has 0 N–H and O–H groups in total. The standard InChI is InChI=1S/2C24H22FNO3.C24H23NO3.C17H17NO3/c2*1-2-28-23(27)24(25)20(16-6-4-3-5-7-16)21(24)17-10-8-15(9-11-17)19-14-26-22(29-19)18-12-13-18;1-2-27-24(26)22-20(16-6-4-3-5-7-16)21(22)17-10-8-15(9-11-17)19-14-25-23(28-19)18-12-13-18;1-2-20-16(19)10-5-12-3-6-13(7-4-12)15-11-18-17(21-15)14-8-9-14/h2*3-11,14,18,20-21H,2,12-13H2,1H3;3-11,14,18,20-22H,2,12-13H2,1H3;3-7,10-11,14H,2,8-9H2,1H3/b;;;10-5+/t20-,21-,24+;20-,21-,24-;20-,21-,22-;/m111./s1. The molecule has 7 saturated carbocycles. The van der Waals surface area contributed by atoms with Crippen LogP contribution in [0.4, 0.5) is 8.78 Å². The van der Waals surface area contributed by atoms with Gasteiger partial charge in [0.05, 0.1) is 57.1 Å². The van der Waals surface area contributed by atoms with Crippen LogP contribution in [0, 0.1) is 5.92 Å². The van der Waals surface area contributed by atoms with Crippen LogP contribution in [0.15, 0.2) is 237 Å². The molecule has 7 fully saturated rings. The first-order chi connectivity index (χ1) is 52.3. The van der Waals surface area contributed by atoms with E-state index in [-0.39, 0.29) is 42.9 Å². The van der Waals surface area contributed by atoms with E-state index in [1.165, 1.54) is 37.3 Å². The predicted octanol–water partition coefficient (Wildman–Crippen LogP) is 19.8. The summed E-state index contributed by atoms with van der Waals surface area (Å²) >= 11 is 0. The molecule has 0 radical (unpaired) electrons. The van der Waals surface area contributed by atoms with Gasteiger partial charge in [-0.25, -0.2) is 43.1 Å². The molecular weight excluding hydrogens is 1350 g/mol. The molecule has 18 heteroatoms. The second kappa shape index (κ2) is 31.1. The van der Waals surface area contributed by atoms with Crippen molar-refractivity contribution in [1.29, 1.82) is 0 Å². The van der Waals surface area contributed by atoms with E-state index < -0.39 is 46.9 Å². The van der Waals surface area contributed by atoms with Gasteiger partial charge in [-0.3, -0.25) is 4.79 Å². The van der Waals surface area contributed by atoms with Gasteiger partial charge in [-0.15, -0.1) is 0 Å². The van der Waals surface area contributed by atoms with Crippen molar-refractivity contribution in [3.05, 3.63) is 281 Å². The molecule has 0 aliphatic heterocycles. The van der Waals surface area contributed by atoms with E-state index in [0.29, 0.717) is 48.4 Å². The highest BCUT2D eigenvalue weighted by atomic mass is 19.2. The molecule has 4 aromatic heterocycles. The van der Waals surface area contributed by atoms with Gasteiger partial charge in [0, 0.05) is 87.5 Å². The topological polar surface area (TPSA) is 209 Å². The maximum atomic E-state index is 15.8. The summed E-state index contributed by atoms with van der Waals surface area (Å²) in [5.41, 5.74) is 6.19. The zero-order chi connectivity index (χ0) is 73.8. The molecule has 546 valence electrons. The summed E-state index contributed by atoms with van der Waals surface area (Å²) in [6.45, 7) is 8.15. The van der Waals surface area contributed by atoms with Gasteiger partial charge in [0.25, 0.3) is 0 Å². The van der Waals surface area contributed by atoms with Gasteiger partial charge in [0.15, 0.2) is 46.6 Å². The number of esters is 4. The van der Waals surface area contributed by atoms with Gasteiger partial charge in [-0.2, -0.15) is 0 Å². The molecule has 0 unspecified atom stereocenters. The molecule has 0 amide bonds. The van der Waals surface area contributed by atoms with E-state index in [2.05, 4.69) is 56.3 Å². The third-order valence-corrected chi connectivity index (χ3v) is 20.9. The van der Waals surface area contributed by atoms with Crippen molar-refractivity contribution in [2.75, 3.05) is 26.4 Å². The molecule has 16 nitrogen and oxygen atoms in total. The minimum atomic E-state index is -2.04. The van der Waals surface area contributed by atoms with Gasteiger partial charge in [0.2, 0.25) is 11.3 Å². The number of aromatic nitrogens is 4. The van der Waals surface area contributed by atoms with Crippen LogP contribution in [0.5, 0.6) is 0 Å². The van der Waals surface area contributed by atoms with Crippen molar-refractivity contribution < 1.29 is 64.6 Å². The highest BCUT2D eigenvalue weighted by molar-refractivity contribution is 5.90. The molecule has 11 aromatic rings. The summed E-state index contributed by atoms with van der Waals surface area (Å²) in [4.78, 5) is 66.0. The SMILES string of the molecule is CCOC(=O)/C=C/c1ccc(-c2cnc(C3CC3)o2)cc1.CCOC(=O)[C@@H]1[C@H](c2ccccc2)[C@H]1c1ccc(-c2cnc(C3CC3)o2)cc1.CCOC(=O)[C@@]1(F)[C@H](c2ccccc2)[C@H]1c1ccc(-c2cnc(C3CC3)o2)cc1.CCOC(=O)[C@]1(F)[C@H](c2ccccc2)[C@H]1c1ccc(-c2cnc(C3CC3)o2)cc1. The summed E-state index contributed by atoms with van der Waals surface area (Å²) < 4.78 is 75.3. The quantitative estimate of drug-likeness (QED) is 0.0331. The van der Waals surface area contributed by atoms with Gasteiger partial charge in [-0.05, 0) is 124 Å². The summed E-state index contributed by atoms with van der Waals surface area (Å²) in [6.07, 6.45) is 19.5. The Bertz CT molecular complexity index is 4740. The van der Waals surface area contributed by atoms with Crippen LogP contribution in [-0.2, 0) is 38.1 Å². The number of oxazole rings is 4. The zero-order valence-electron chi connectivity index (χ0n) is 60.1. The highest BCUT2D eigenvalue weighted by Crippen LogP contribution is 2.68. The summed E-state index contributed by atoms with van der Waals surface area (Å²) in [5, 5.41) is 0. The number of nitrogens with zero attached hydrogens (tertiary/aromatic N) is 4. The Hall–Kier alpha value is -11.1. The maximum absolute atomic E-state index is 15.8. The monoisotopic (exact) mass is 1440 g/mol. The lowest BCUT2D eigenvalue weighted by atomic mass is 10.0. The van der Waals surface area contributed by atoms with Crippen molar-refractivity contribution in [2.45, 2.75) is 150 Å². The summed E-state index contributed by atoms with van der Waals surface area (Å²) in [6, 6.07) is 60.1. The molecule has 7 aromatic carbocycles. The van der Waals surface area contributed by atoms with Crippen LogP contribution >= 0.6 is 0 Å². The third-order valence-electron chi connectivity index (χ3n) is 20.9. The molecule has 0 saturated heterocycles. The fourth-order valence-corrected chi connectivity index (χ4v) is 14.6. The molecular formula is C89H84F2N4O12. The van der Waals surface area contributed by atoms with Crippen molar-refractivity contribution in [2.24, 2.45) is 5.92 Å². The second-order valence-electron chi connectivity index (χ2n) is 28.4. The van der Waals surface area contributed by atoms with Crippen molar-refractivity contribution in [1.82, 2.24) is 19.9 Å². The van der Waals surface area contributed by atoms with E-state index in [4.69, 9.17) is 36.6 Å². The smallest absolute Gasteiger partial charge is 0.345 e. The second-order valence-corrected chi connectivity index (χ2v) is 28.4. The number of rotatable bonds is 23. The minimum Gasteiger partial charge on any atom is -0.466 e. The van der Waals surface area contributed by atoms with Crippen LogP contribution in [0.2, 0.25) is 0 Å². The van der Waals surface area contributed by atoms with Crippen molar-refractivity contribution in [3.63, 3.8) is 0 Å². The summed E-state index contributed by atoms with van der Waals surface area (Å²) in [7, 11) is 0. The van der Waals surface area contributed by atoms with Crippen LogP contribution in [0.3, 0.4) is 0 Å². The average molecular weight is 1440 g/mol. The van der Waals surface area contributed by atoms with Crippen LogP contribution in [-0.4, -0.2) is 81.6 Å². The third kappa shape index (κ3) is 15.8. The fraction of sp³-hybridized carbons (Fsp3) is 0.326. The Labute approximate surface area is 620 Å². The Morgan fingerprint density at radius 3 is 0.963 bits per heavy atom. The molecule has 18 rings (SSSR count). The Kier molecular flexibility index (Phi) is 20.8. The van der Waals surface area contributed by atoms with E-state index in [0.717, 1.165) is 116 Å². The van der Waals surface area contributed by atoms with E-state index in [9.17, 15) is 19.2 Å². The Morgan fingerprint density at radius 1 is 0.374 bits per heavy atom. The van der Waals surface area contributed by atoms with E-state index in [1.54, 1.807) is 45.4 Å². The highest BCUT2D eigenvalue weighted by Gasteiger charge is 2.74. The predicted molar refractivity (Wildman–Crippen MR) is 398 cm³/mol. The summed E-state index contributed by atoms with van der Waals surface area (Å²) in [5.74, 6) is 4.28. The number of carbonyl (C=O) groups excluding carboxylic acids is 4. The molecule has 7 aliphatic rings. The van der Waals surface area contributed by atoms with Gasteiger partial charge in [-0.1, -0.05) is 188 Å². The lowest BCUT2D eigenvalue weighted by Crippen LogP contribution is -2.24. The first-order valence-corrected chi connectivity index (χ1v) is 37.4. The largest absolute Gasteiger partial charge is 0.466 e. The Morgan fingerprint density at radius 2 is 0.654 bits per heavy atom. The number of ether oxygens (including phenoxy) is 4. The maximum Gasteiger partial charge on any atom is 0.345 e. The molecule has 0 bridgehead atoms. The molecule has 9 atom stereocenters. The molecule has 0 spiro atoms. The number of halogens is 2. The van der Waals surface area contributed by atoms with Crippen LogP contribution in [0.25, 0.3) is 51.4 Å². The minimum absolute atomic E-state index is 0.102. The van der Waals surface area contributed by atoms with Gasteiger partial charge in [0.1, 0.15) is 0 Å². The van der Waals surface area contributed by atoms with Crippen molar-refractivity contribution in [3.8, 4) is 45.3 Å². The van der Waals surface area contributed by atoms with Crippen molar-refractivity contribution >= 4 is 30.0 Å². The Balaban J connectivity index is 0.000000115. The molecule has 4 heterocycles. The van der Waals surface area contributed by atoms with E-state index >= 15 is 8.78 Å². The van der Waals surface area contributed by atoms with Crippen LogP contribution < -0.4 is 0 Å². The first kappa shape index (κ1) is 71.5. The number of benzene rings is 7. The fourth-order valence-electron chi connectivity index (χ4n) is 14.6. The average Bonchev–Trinajstić information content (AvgIpc) is 1.56. The number of alkyl halides is 2. The van der Waals surface area contributed by atoms with E-state index in [1.807, 2.05) is 165 Å². The van der Waals surface area contributed by atoms with Gasteiger partial charge >= 0.3 is 23.9 Å². The normalized spacial score (nSPS) is 22.8. The van der Waals surface area contributed by atoms with Crippen LogP contribution in [0.1, 0.15) is 201 Å². The lowest BCUT2D eigenvalue weighted by Gasteiger charge is -2.08. The number of carbonyl (C=O) groups is 4. The lowest BCUT2D eigenvalue weighted by molar-refractivity contribution is -0.152. The molecule has 107 heavy (non-hydrogen) atoms.